The molecule has 120 valence electrons. The van der Waals surface area contributed by atoms with Crippen LogP contribution in [0.25, 0.3) is 0 Å². The van der Waals surface area contributed by atoms with Crippen LogP contribution in [0.2, 0.25) is 0 Å². The van der Waals surface area contributed by atoms with Gasteiger partial charge >= 0.3 is 0 Å². The van der Waals surface area contributed by atoms with Crippen LogP contribution in [0.15, 0.2) is 0 Å². The summed E-state index contributed by atoms with van der Waals surface area (Å²) in [5, 5.41) is -0.825. The molecule has 1 aliphatic rings. The van der Waals surface area contributed by atoms with Crippen molar-refractivity contribution in [1.29, 1.82) is 0 Å². The van der Waals surface area contributed by atoms with Crippen molar-refractivity contribution in [2.75, 3.05) is 19.8 Å². The van der Waals surface area contributed by atoms with Crippen molar-refractivity contribution in [2.45, 2.75) is 38.5 Å². The first-order chi connectivity index (χ1) is 9.79. The van der Waals surface area contributed by atoms with Gasteiger partial charge in [0.25, 0.3) is 10.1 Å². The van der Waals surface area contributed by atoms with Gasteiger partial charge < -0.3 is 14.2 Å². The topological polar surface area (TPSA) is 82.1 Å². The van der Waals surface area contributed by atoms with E-state index >= 15 is 0 Å². The highest BCUT2D eigenvalue weighted by molar-refractivity contribution is 7.86. The minimum Gasteiger partial charge on any atom is -0.485 e. The van der Waals surface area contributed by atoms with Crippen molar-refractivity contribution in [1.82, 2.24) is 0 Å². The Morgan fingerprint density at radius 2 is 2.05 bits per heavy atom. The maximum Gasteiger partial charge on any atom is 0.267 e. The Labute approximate surface area is 128 Å². The standard InChI is InChI=1S/C13H20O6S2/c1-8(21(14,15)16)4-5-17-6-11-7-18-12-9(2)20-10(3)13(12)19-11/h8,11H,4-7H2,1-3H3,(H,14,15,16). The van der Waals surface area contributed by atoms with Crippen LogP contribution >= 0.6 is 11.3 Å². The minimum atomic E-state index is -3.99. The Hall–Kier alpha value is -0.830. The van der Waals surface area contributed by atoms with E-state index < -0.39 is 15.4 Å². The molecule has 1 aromatic heterocycles. The molecule has 0 spiro atoms. The molecule has 0 saturated heterocycles. The third-order valence-corrected chi connectivity index (χ3v) is 5.57. The number of rotatable bonds is 6. The quantitative estimate of drug-likeness (QED) is 0.633. The molecular formula is C13H20O6S2. The predicted molar refractivity (Wildman–Crippen MR) is 80.2 cm³/mol. The molecule has 21 heavy (non-hydrogen) atoms. The van der Waals surface area contributed by atoms with Crippen LogP contribution in [0.5, 0.6) is 11.5 Å². The van der Waals surface area contributed by atoms with Gasteiger partial charge in [-0.3, -0.25) is 4.55 Å². The first-order valence-electron chi connectivity index (χ1n) is 6.72. The fourth-order valence-corrected chi connectivity index (χ4v) is 3.35. The molecule has 2 atom stereocenters. The zero-order valence-electron chi connectivity index (χ0n) is 12.3. The van der Waals surface area contributed by atoms with Gasteiger partial charge in [0.15, 0.2) is 17.6 Å². The van der Waals surface area contributed by atoms with Gasteiger partial charge in [-0.25, -0.2) is 0 Å². The van der Waals surface area contributed by atoms with Crippen LogP contribution in [0.4, 0.5) is 0 Å². The zero-order valence-corrected chi connectivity index (χ0v) is 13.9. The molecule has 2 unspecified atom stereocenters. The summed E-state index contributed by atoms with van der Waals surface area (Å²) in [5.74, 6) is 1.59. The first kappa shape index (κ1) is 16.5. The Balaban J connectivity index is 1.78. The maximum absolute atomic E-state index is 10.9. The third-order valence-electron chi connectivity index (χ3n) is 3.33. The van der Waals surface area contributed by atoms with Gasteiger partial charge in [0.2, 0.25) is 0 Å². The van der Waals surface area contributed by atoms with Gasteiger partial charge in [0.1, 0.15) is 6.61 Å². The Kier molecular flexibility index (Phi) is 5.13. The number of thiophene rings is 1. The number of ether oxygens (including phenoxy) is 3. The highest BCUT2D eigenvalue weighted by Crippen LogP contribution is 2.43. The van der Waals surface area contributed by atoms with Crippen molar-refractivity contribution in [3.8, 4) is 11.5 Å². The fraction of sp³-hybridized carbons (Fsp3) is 0.692. The fourth-order valence-electron chi connectivity index (χ4n) is 2.02. The summed E-state index contributed by atoms with van der Waals surface area (Å²) in [6.07, 6.45) is 0.0417. The lowest BCUT2D eigenvalue weighted by molar-refractivity contribution is 0.00819. The molecule has 8 heteroatoms. The summed E-state index contributed by atoms with van der Waals surface area (Å²) in [6, 6.07) is 0. The number of fused-ring (bicyclic) bond motifs is 1. The minimum absolute atomic E-state index is 0.203. The largest absolute Gasteiger partial charge is 0.485 e. The molecule has 1 N–H and O–H groups in total. The second-order valence-electron chi connectivity index (χ2n) is 5.11. The lowest BCUT2D eigenvalue weighted by atomic mass is 10.3. The second-order valence-corrected chi connectivity index (χ2v) is 8.38. The van der Waals surface area contributed by atoms with Crippen molar-refractivity contribution >= 4 is 21.5 Å². The monoisotopic (exact) mass is 336 g/mol. The molecule has 0 fully saturated rings. The summed E-state index contributed by atoms with van der Waals surface area (Å²) in [5.41, 5.74) is 0. The molecule has 0 aliphatic carbocycles. The van der Waals surface area contributed by atoms with Crippen LogP contribution in [0.3, 0.4) is 0 Å². The number of hydrogen-bond acceptors (Lipinski definition) is 6. The zero-order chi connectivity index (χ0) is 15.6. The van der Waals surface area contributed by atoms with Gasteiger partial charge in [0.05, 0.1) is 11.9 Å². The van der Waals surface area contributed by atoms with Crippen molar-refractivity contribution in [3.05, 3.63) is 9.75 Å². The normalized spacial score (nSPS) is 19.5. The van der Waals surface area contributed by atoms with Crippen LogP contribution in [-0.4, -0.2) is 44.1 Å². The smallest absolute Gasteiger partial charge is 0.267 e. The van der Waals surface area contributed by atoms with E-state index in [1.54, 1.807) is 11.3 Å². The van der Waals surface area contributed by atoms with E-state index in [2.05, 4.69) is 0 Å². The third kappa shape index (κ3) is 4.09. The SMILES string of the molecule is Cc1sc(C)c2c1OCC(COCCC(C)S(=O)(=O)O)O2. The van der Waals surface area contributed by atoms with Gasteiger partial charge in [-0.15, -0.1) is 11.3 Å². The van der Waals surface area contributed by atoms with E-state index in [0.29, 0.717) is 13.2 Å². The van der Waals surface area contributed by atoms with Crippen molar-refractivity contribution in [3.63, 3.8) is 0 Å². The molecule has 0 aromatic carbocycles. The number of aryl methyl sites for hydroxylation is 2. The van der Waals surface area contributed by atoms with Crippen LogP contribution in [0, 0.1) is 13.8 Å². The summed E-state index contributed by atoms with van der Waals surface area (Å²) in [6.45, 7) is 6.41. The second kappa shape index (κ2) is 6.51. The molecule has 1 aliphatic heterocycles. The molecule has 6 nitrogen and oxygen atoms in total. The number of hydrogen-bond donors (Lipinski definition) is 1. The van der Waals surface area contributed by atoms with Gasteiger partial charge in [-0.1, -0.05) is 0 Å². The lowest BCUT2D eigenvalue weighted by Gasteiger charge is -2.25. The first-order valence-corrected chi connectivity index (χ1v) is 9.04. The Morgan fingerprint density at radius 3 is 2.71 bits per heavy atom. The maximum atomic E-state index is 10.9. The molecule has 0 bridgehead atoms. The van der Waals surface area contributed by atoms with Crippen molar-refractivity contribution < 1.29 is 27.2 Å². The van der Waals surface area contributed by atoms with Gasteiger partial charge in [0, 0.05) is 16.4 Å². The van der Waals surface area contributed by atoms with Gasteiger partial charge in [-0.2, -0.15) is 8.42 Å². The average Bonchev–Trinajstić information content (AvgIpc) is 2.68. The summed E-state index contributed by atoms with van der Waals surface area (Å²) in [7, 11) is -3.99. The lowest BCUT2D eigenvalue weighted by Crippen LogP contribution is -2.33. The Bertz CT molecular complexity index is 592. The van der Waals surface area contributed by atoms with E-state index in [0.717, 1.165) is 21.3 Å². The van der Waals surface area contributed by atoms with E-state index in [9.17, 15) is 8.42 Å². The van der Waals surface area contributed by atoms with E-state index in [1.807, 2.05) is 13.8 Å². The Morgan fingerprint density at radius 1 is 1.38 bits per heavy atom. The highest BCUT2D eigenvalue weighted by Gasteiger charge is 2.26. The van der Waals surface area contributed by atoms with E-state index in [1.165, 1.54) is 6.92 Å². The van der Waals surface area contributed by atoms with Crippen LogP contribution in [-0.2, 0) is 14.9 Å². The van der Waals surface area contributed by atoms with Crippen LogP contribution < -0.4 is 9.47 Å². The molecule has 2 rings (SSSR count). The summed E-state index contributed by atoms with van der Waals surface area (Å²) >= 11 is 1.64. The molecule has 0 amide bonds. The van der Waals surface area contributed by atoms with E-state index in [4.69, 9.17) is 18.8 Å². The predicted octanol–water partition coefficient (Wildman–Crippen LogP) is 2.19. The summed E-state index contributed by atoms with van der Waals surface area (Å²) in [4.78, 5) is 2.18. The molecular weight excluding hydrogens is 316 g/mol. The van der Waals surface area contributed by atoms with Crippen molar-refractivity contribution in [2.24, 2.45) is 0 Å². The van der Waals surface area contributed by atoms with Gasteiger partial charge in [-0.05, 0) is 27.2 Å². The van der Waals surface area contributed by atoms with Crippen LogP contribution in [0.1, 0.15) is 23.1 Å². The average molecular weight is 336 g/mol. The summed E-state index contributed by atoms with van der Waals surface area (Å²) < 4.78 is 47.5. The van der Waals surface area contributed by atoms with E-state index in [-0.39, 0.29) is 19.1 Å². The highest BCUT2D eigenvalue weighted by atomic mass is 32.2. The molecule has 1 aromatic rings. The molecule has 2 heterocycles. The molecule has 0 saturated carbocycles. The molecule has 0 radical (unpaired) electrons.